The lowest BCUT2D eigenvalue weighted by Gasteiger charge is -2.01. The molecule has 0 aliphatic carbocycles. The smallest absolute Gasteiger partial charge is 0.158 e. The fraction of sp³-hybridized carbons (Fsp3) is 0. The summed E-state index contributed by atoms with van der Waals surface area (Å²) in [4.78, 5) is 0.967. The summed E-state index contributed by atoms with van der Waals surface area (Å²) < 4.78 is 0. The number of benzene rings is 1. The van der Waals surface area contributed by atoms with Gasteiger partial charge in [0.1, 0.15) is 0 Å². The molecule has 2 rings (SSSR count). The van der Waals surface area contributed by atoms with Gasteiger partial charge in [-0.1, -0.05) is 6.07 Å². The third-order valence-electron chi connectivity index (χ3n) is 2.24. The van der Waals surface area contributed by atoms with E-state index in [0.29, 0.717) is 11.1 Å². The Morgan fingerprint density at radius 1 is 1.24 bits per heavy atom. The highest BCUT2D eigenvalue weighted by molar-refractivity contribution is 7.10. The average molecular weight is 243 g/mol. The normalized spacial score (nSPS) is 11.1. The molecule has 0 saturated heterocycles. The van der Waals surface area contributed by atoms with Crippen molar-refractivity contribution in [2.75, 3.05) is 0 Å². The Bertz CT molecular complexity index is 594. The minimum atomic E-state index is -0.227. The van der Waals surface area contributed by atoms with Crippen LogP contribution in [0.2, 0.25) is 0 Å². The maximum Gasteiger partial charge on any atom is 0.158 e. The first kappa shape index (κ1) is 11.2. The van der Waals surface area contributed by atoms with Gasteiger partial charge in [0.15, 0.2) is 11.5 Å². The van der Waals surface area contributed by atoms with Crippen LogP contribution in [-0.4, -0.2) is 10.2 Å². The molecule has 0 spiro atoms. The van der Waals surface area contributed by atoms with Gasteiger partial charge in [0, 0.05) is 4.88 Å². The summed E-state index contributed by atoms with van der Waals surface area (Å²) in [5, 5.41) is 29.6. The fourth-order valence-electron chi connectivity index (χ4n) is 1.39. The van der Waals surface area contributed by atoms with Crippen molar-refractivity contribution in [1.82, 2.24) is 0 Å². The molecule has 0 radical (unpaired) electrons. The quantitative estimate of drug-likeness (QED) is 0.628. The maximum atomic E-state index is 9.39. The van der Waals surface area contributed by atoms with Gasteiger partial charge in [-0.15, -0.1) is 11.3 Å². The Kier molecular flexibility index (Phi) is 3.12. The molecule has 0 bridgehead atoms. The summed E-state index contributed by atoms with van der Waals surface area (Å²) in [5.41, 5.74) is 1.03. The lowest BCUT2D eigenvalue weighted by molar-refractivity contribution is 0.403. The van der Waals surface area contributed by atoms with Crippen molar-refractivity contribution in [2.45, 2.75) is 0 Å². The van der Waals surface area contributed by atoms with Crippen molar-refractivity contribution in [2.24, 2.45) is 0 Å². The largest absolute Gasteiger partial charge is 0.504 e. The molecule has 0 saturated carbocycles. The Morgan fingerprint density at radius 2 is 2.06 bits per heavy atom. The molecule has 17 heavy (non-hydrogen) atoms. The molecule has 0 aliphatic heterocycles. The molecule has 0 atom stereocenters. The zero-order valence-electron chi connectivity index (χ0n) is 8.79. The zero-order chi connectivity index (χ0) is 12.3. The first-order chi connectivity index (χ1) is 8.20. The average Bonchev–Trinajstić information content (AvgIpc) is 2.82. The number of nitrogens with zero attached hydrogens (tertiary/aromatic N) is 1. The van der Waals surface area contributed by atoms with Crippen LogP contribution in [0.15, 0.2) is 35.7 Å². The summed E-state index contributed by atoms with van der Waals surface area (Å²) in [6.07, 6.45) is 1.75. The van der Waals surface area contributed by atoms with E-state index in [9.17, 15) is 10.2 Å². The minimum absolute atomic E-state index is 0.192. The predicted octanol–water partition coefficient (Wildman–Crippen LogP) is 3.22. The van der Waals surface area contributed by atoms with Gasteiger partial charge in [0.25, 0.3) is 0 Å². The Balaban J connectivity index is 2.43. The van der Waals surface area contributed by atoms with Gasteiger partial charge in [-0.25, -0.2) is 0 Å². The van der Waals surface area contributed by atoms with E-state index in [2.05, 4.69) is 6.07 Å². The van der Waals surface area contributed by atoms with Crippen molar-refractivity contribution in [3.8, 4) is 17.6 Å². The van der Waals surface area contributed by atoms with Gasteiger partial charge in [-0.2, -0.15) is 5.26 Å². The van der Waals surface area contributed by atoms with Crippen molar-refractivity contribution in [3.05, 3.63) is 46.2 Å². The molecule has 3 nitrogen and oxygen atoms in total. The first-order valence-corrected chi connectivity index (χ1v) is 5.76. The molecular formula is C13H9NO2S. The number of aromatic hydroxyl groups is 2. The number of hydrogen-bond acceptors (Lipinski definition) is 4. The molecule has 0 aliphatic rings. The van der Waals surface area contributed by atoms with E-state index in [0.717, 1.165) is 4.88 Å². The highest BCUT2D eigenvalue weighted by atomic mass is 32.1. The number of rotatable bonds is 2. The second kappa shape index (κ2) is 4.73. The zero-order valence-corrected chi connectivity index (χ0v) is 9.61. The van der Waals surface area contributed by atoms with Crippen LogP contribution in [0.25, 0.3) is 11.6 Å². The summed E-state index contributed by atoms with van der Waals surface area (Å²) >= 11 is 1.53. The Labute approximate surface area is 103 Å². The monoisotopic (exact) mass is 243 g/mol. The summed E-state index contributed by atoms with van der Waals surface area (Å²) in [6, 6.07) is 10.2. The highest BCUT2D eigenvalue weighted by Gasteiger charge is 2.05. The van der Waals surface area contributed by atoms with E-state index in [1.54, 1.807) is 12.1 Å². The van der Waals surface area contributed by atoms with Crippen LogP contribution in [0.5, 0.6) is 11.5 Å². The van der Waals surface area contributed by atoms with Crippen molar-refractivity contribution >= 4 is 23.0 Å². The van der Waals surface area contributed by atoms with Crippen LogP contribution in [0.1, 0.15) is 10.4 Å². The van der Waals surface area contributed by atoms with Crippen LogP contribution in [0, 0.1) is 11.3 Å². The maximum absolute atomic E-state index is 9.39. The van der Waals surface area contributed by atoms with Gasteiger partial charge in [-0.3, -0.25) is 0 Å². The fourth-order valence-corrected chi connectivity index (χ4v) is 2.04. The second-order valence-corrected chi connectivity index (χ2v) is 4.37. The second-order valence-electron chi connectivity index (χ2n) is 3.39. The Morgan fingerprint density at radius 3 is 2.65 bits per heavy atom. The molecule has 2 aromatic rings. The Hall–Kier alpha value is -2.25. The molecule has 0 fully saturated rings. The number of thiophene rings is 1. The SMILES string of the molecule is N#CC(=Cc1cccs1)c1ccc(O)c(O)c1. The molecule has 0 unspecified atom stereocenters. The third-order valence-corrected chi connectivity index (χ3v) is 3.06. The number of phenolic OH excluding ortho intramolecular Hbond substituents is 2. The van der Waals surface area contributed by atoms with Gasteiger partial charge >= 0.3 is 0 Å². The molecular weight excluding hydrogens is 234 g/mol. The van der Waals surface area contributed by atoms with Crippen LogP contribution in [0.4, 0.5) is 0 Å². The summed E-state index contributed by atoms with van der Waals surface area (Å²) in [6.45, 7) is 0. The van der Waals surface area contributed by atoms with Crippen molar-refractivity contribution in [3.63, 3.8) is 0 Å². The topological polar surface area (TPSA) is 64.2 Å². The van der Waals surface area contributed by atoms with Crippen LogP contribution in [-0.2, 0) is 0 Å². The molecule has 0 amide bonds. The van der Waals surface area contributed by atoms with E-state index in [4.69, 9.17) is 5.26 Å². The van der Waals surface area contributed by atoms with Crippen LogP contribution < -0.4 is 0 Å². The van der Waals surface area contributed by atoms with Gasteiger partial charge in [-0.05, 0) is 41.3 Å². The lowest BCUT2D eigenvalue weighted by Crippen LogP contribution is -1.81. The number of phenols is 2. The molecule has 2 N–H and O–H groups in total. The van der Waals surface area contributed by atoms with Crippen molar-refractivity contribution in [1.29, 1.82) is 5.26 Å². The standard InChI is InChI=1S/C13H9NO2S/c14-8-10(6-11-2-1-5-17-11)9-3-4-12(15)13(16)7-9/h1-7,15-16H. The number of hydrogen-bond donors (Lipinski definition) is 2. The van der Waals surface area contributed by atoms with E-state index in [-0.39, 0.29) is 11.5 Å². The predicted molar refractivity (Wildman–Crippen MR) is 67.6 cm³/mol. The highest BCUT2D eigenvalue weighted by Crippen LogP contribution is 2.29. The van der Waals surface area contributed by atoms with Crippen molar-refractivity contribution < 1.29 is 10.2 Å². The molecule has 1 heterocycles. The minimum Gasteiger partial charge on any atom is -0.504 e. The van der Waals surface area contributed by atoms with E-state index in [1.807, 2.05) is 17.5 Å². The molecule has 84 valence electrons. The van der Waals surface area contributed by atoms with Crippen LogP contribution >= 0.6 is 11.3 Å². The van der Waals surface area contributed by atoms with E-state index in [1.165, 1.54) is 23.5 Å². The van der Waals surface area contributed by atoms with E-state index < -0.39 is 0 Å². The molecule has 1 aromatic carbocycles. The molecule has 4 heteroatoms. The van der Waals surface area contributed by atoms with Gasteiger partial charge < -0.3 is 10.2 Å². The lowest BCUT2D eigenvalue weighted by atomic mass is 10.1. The van der Waals surface area contributed by atoms with E-state index >= 15 is 0 Å². The summed E-state index contributed by atoms with van der Waals surface area (Å²) in [5.74, 6) is -0.419. The summed E-state index contributed by atoms with van der Waals surface area (Å²) in [7, 11) is 0. The first-order valence-electron chi connectivity index (χ1n) is 4.88. The van der Waals surface area contributed by atoms with Gasteiger partial charge in [0.05, 0.1) is 11.6 Å². The van der Waals surface area contributed by atoms with Crippen LogP contribution in [0.3, 0.4) is 0 Å². The van der Waals surface area contributed by atoms with Gasteiger partial charge in [0.2, 0.25) is 0 Å². The third kappa shape index (κ3) is 2.47. The number of nitriles is 1. The molecule has 1 aromatic heterocycles. The number of allylic oxidation sites excluding steroid dienone is 1.